The van der Waals surface area contributed by atoms with Gasteiger partial charge in [0.25, 0.3) is 0 Å². The molecule has 4 nitrogen and oxygen atoms in total. The monoisotopic (exact) mass is 377 g/mol. The normalized spacial score (nSPS) is 10.9. The third-order valence-electron chi connectivity index (χ3n) is 4.33. The second-order valence-electron chi connectivity index (χ2n) is 7.37. The summed E-state index contributed by atoms with van der Waals surface area (Å²) in [4.78, 5) is 21.6. The molecule has 0 aliphatic heterocycles. The van der Waals surface area contributed by atoms with Crippen molar-refractivity contribution in [3.05, 3.63) is 77.4 Å². The molecule has 0 radical (unpaired) electrons. The molecule has 5 heteroatoms. The van der Waals surface area contributed by atoms with Crippen LogP contribution >= 0.6 is 0 Å². The number of halogens is 1. The highest BCUT2D eigenvalue weighted by molar-refractivity contribution is 5.92. The molecule has 0 saturated heterocycles. The Hall–Kier alpha value is -3.08. The Kier molecular flexibility index (Phi) is 6.14. The van der Waals surface area contributed by atoms with Gasteiger partial charge >= 0.3 is 0 Å². The zero-order valence-corrected chi connectivity index (χ0v) is 16.4. The standard InChI is InChI=1S/C23H24FN3O/c1-15(2)12-20-23(27-22(28)13-17-6-4-16(3)5-7-17)25-14-21(26-20)18-8-10-19(24)11-9-18/h4-11,14-15H,12-13H2,1-3H3,(H,25,27,28). The Morgan fingerprint density at radius 2 is 1.75 bits per heavy atom. The Labute approximate surface area is 164 Å². The van der Waals surface area contributed by atoms with Crippen LogP contribution in [0, 0.1) is 18.7 Å². The van der Waals surface area contributed by atoms with Crippen LogP contribution < -0.4 is 5.32 Å². The SMILES string of the molecule is Cc1ccc(CC(=O)Nc2ncc(-c3ccc(F)cc3)nc2CC(C)C)cc1. The molecular formula is C23H24FN3O. The van der Waals surface area contributed by atoms with E-state index in [1.54, 1.807) is 18.3 Å². The highest BCUT2D eigenvalue weighted by Crippen LogP contribution is 2.22. The highest BCUT2D eigenvalue weighted by Gasteiger charge is 2.14. The van der Waals surface area contributed by atoms with Crippen LogP contribution in [0.2, 0.25) is 0 Å². The van der Waals surface area contributed by atoms with Gasteiger partial charge in [0.2, 0.25) is 5.91 Å². The largest absolute Gasteiger partial charge is 0.309 e. The van der Waals surface area contributed by atoms with Gasteiger partial charge in [-0.1, -0.05) is 43.7 Å². The number of hydrogen-bond donors (Lipinski definition) is 1. The average molecular weight is 377 g/mol. The molecule has 3 aromatic rings. The number of anilines is 1. The van der Waals surface area contributed by atoms with Gasteiger partial charge in [0.1, 0.15) is 5.82 Å². The van der Waals surface area contributed by atoms with Crippen molar-refractivity contribution < 1.29 is 9.18 Å². The van der Waals surface area contributed by atoms with Crippen molar-refractivity contribution in [3.8, 4) is 11.3 Å². The Morgan fingerprint density at radius 3 is 2.39 bits per heavy atom. The summed E-state index contributed by atoms with van der Waals surface area (Å²) in [6.45, 7) is 6.19. The Morgan fingerprint density at radius 1 is 1.07 bits per heavy atom. The van der Waals surface area contributed by atoms with Gasteiger partial charge in [0.05, 0.1) is 24.0 Å². The van der Waals surface area contributed by atoms with Gasteiger partial charge in [-0.25, -0.2) is 14.4 Å². The van der Waals surface area contributed by atoms with Crippen LogP contribution in [-0.4, -0.2) is 15.9 Å². The van der Waals surface area contributed by atoms with Crippen LogP contribution in [0.4, 0.5) is 10.2 Å². The van der Waals surface area contributed by atoms with Gasteiger partial charge < -0.3 is 5.32 Å². The zero-order chi connectivity index (χ0) is 20.1. The molecule has 0 aliphatic rings. The fourth-order valence-corrected chi connectivity index (χ4v) is 2.89. The van der Waals surface area contributed by atoms with Gasteiger partial charge in [0.15, 0.2) is 5.82 Å². The average Bonchev–Trinajstić information content (AvgIpc) is 2.65. The van der Waals surface area contributed by atoms with Crippen LogP contribution in [0.3, 0.4) is 0 Å². The van der Waals surface area contributed by atoms with E-state index in [0.717, 1.165) is 22.4 Å². The maximum absolute atomic E-state index is 13.2. The summed E-state index contributed by atoms with van der Waals surface area (Å²) in [6, 6.07) is 14.0. The summed E-state index contributed by atoms with van der Waals surface area (Å²) in [6.07, 6.45) is 2.57. The summed E-state index contributed by atoms with van der Waals surface area (Å²) in [5.41, 5.74) is 4.28. The van der Waals surface area contributed by atoms with E-state index in [-0.39, 0.29) is 18.1 Å². The second-order valence-corrected chi connectivity index (χ2v) is 7.37. The van der Waals surface area contributed by atoms with E-state index < -0.39 is 0 Å². The maximum Gasteiger partial charge on any atom is 0.229 e. The molecule has 0 unspecified atom stereocenters. The number of amides is 1. The lowest BCUT2D eigenvalue weighted by Crippen LogP contribution is -2.18. The van der Waals surface area contributed by atoms with E-state index in [9.17, 15) is 9.18 Å². The van der Waals surface area contributed by atoms with Gasteiger partial charge in [0, 0.05) is 5.56 Å². The first kappa shape index (κ1) is 19.7. The van der Waals surface area contributed by atoms with Crippen molar-refractivity contribution in [3.63, 3.8) is 0 Å². The predicted octanol–water partition coefficient (Wildman–Crippen LogP) is 4.97. The zero-order valence-electron chi connectivity index (χ0n) is 16.4. The summed E-state index contributed by atoms with van der Waals surface area (Å²) in [7, 11) is 0. The third kappa shape index (κ3) is 5.22. The molecule has 0 saturated carbocycles. The number of hydrogen-bond acceptors (Lipinski definition) is 3. The van der Waals surface area contributed by atoms with Crippen LogP contribution in [0.25, 0.3) is 11.3 Å². The minimum atomic E-state index is -0.292. The number of carbonyl (C=O) groups excluding carboxylic acids is 1. The molecule has 1 amide bonds. The van der Waals surface area contributed by atoms with Gasteiger partial charge in [-0.2, -0.15) is 0 Å². The molecular weight excluding hydrogens is 353 g/mol. The topological polar surface area (TPSA) is 54.9 Å². The lowest BCUT2D eigenvalue weighted by atomic mass is 10.1. The first-order chi connectivity index (χ1) is 13.4. The number of aromatic nitrogens is 2. The van der Waals surface area contributed by atoms with Crippen molar-refractivity contribution in [2.24, 2.45) is 5.92 Å². The number of aryl methyl sites for hydroxylation is 1. The fraction of sp³-hybridized carbons (Fsp3) is 0.261. The predicted molar refractivity (Wildman–Crippen MR) is 109 cm³/mol. The molecule has 0 spiro atoms. The Balaban J connectivity index is 1.81. The van der Waals surface area contributed by atoms with Crippen molar-refractivity contribution in [2.45, 2.75) is 33.6 Å². The molecule has 0 aliphatic carbocycles. The number of nitrogens with one attached hydrogen (secondary N) is 1. The van der Waals surface area contributed by atoms with Gasteiger partial charge in [-0.15, -0.1) is 0 Å². The van der Waals surface area contributed by atoms with E-state index in [1.807, 2.05) is 31.2 Å². The van der Waals surface area contributed by atoms with Crippen LogP contribution in [0.15, 0.2) is 54.7 Å². The molecule has 0 atom stereocenters. The molecule has 3 rings (SSSR count). The molecule has 144 valence electrons. The van der Waals surface area contributed by atoms with Crippen molar-refractivity contribution in [2.75, 3.05) is 5.32 Å². The number of rotatable bonds is 6. The minimum absolute atomic E-state index is 0.127. The highest BCUT2D eigenvalue weighted by atomic mass is 19.1. The lowest BCUT2D eigenvalue weighted by Gasteiger charge is -2.13. The van der Waals surface area contributed by atoms with E-state index >= 15 is 0 Å². The molecule has 0 bridgehead atoms. The smallest absolute Gasteiger partial charge is 0.229 e. The first-order valence-electron chi connectivity index (χ1n) is 9.38. The van der Waals surface area contributed by atoms with Crippen molar-refractivity contribution in [1.82, 2.24) is 9.97 Å². The molecule has 1 N–H and O–H groups in total. The van der Waals surface area contributed by atoms with Crippen LogP contribution in [-0.2, 0) is 17.6 Å². The van der Waals surface area contributed by atoms with E-state index in [2.05, 4.69) is 29.1 Å². The van der Waals surface area contributed by atoms with Crippen molar-refractivity contribution in [1.29, 1.82) is 0 Å². The number of carbonyl (C=O) groups is 1. The van der Waals surface area contributed by atoms with Crippen molar-refractivity contribution >= 4 is 11.7 Å². The Bertz CT molecular complexity index is 951. The van der Waals surface area contributed by atoms with Crippen LogP contribution in [0.1, 0.15) is 30.7 Å². The summed E-state index contributed by atoms with van der Waals surface area (Å²) >= 11 is 0. The van der Waals surface area contributed by atoms with E-state index in [1.165, 1.54) is 12.1 Å². The summed E-state index contributed by atoms with van der Waals surface area (Å²) in [5.74, 6) is 0.416. The second kappa shape index (κ2) is 8.74. The molecule has 2 aromatic carbocycles. The molecule has 1 heterocycles. The fourth-order valence-electron chi connectivity index (χ4n) is 2.89. The van der Waals surface area contributed by atoms with Crippen LogP contribution in [0.5, 0.6) is 0 Å². The summed E-state index contributed by atoms with van der Waals surface area (Å²) in [5, 5.41) is 2.89. The maximum atomic E-state index is 13.2. The minimum Gasteiger partial charge on any atom is -0.309 e. The first-order valence-corrected chi connectivity index (χ1v) is 9.38. The molecule has 28 heavy (non-hydrogen) atoms. The number of benzene rings is 2. The molecule has 0 fully saturated rings. The van der Waals surface area contributed by atoms with E-state index in [0.29, 0.717) is 23.9 Å². The molecule has 1 aromatic heterocycles. The quantitative estimate of drug-likeness (QED) is 0.660. The number of nitrogens with zero attached hydrogens (tertiary/aromatic N) is 2. The van der Waals surface area contributed by atoms with Gasteiger partial charge in [-0.05, 0) is 49.1 Å². The summed E-state index contributed by atoms with van der Waals surface area (Å²) < 4.78 is 13.2. The van der Waals surface area contributed by atoms with Gasteiger partial charge in [-0.3, -0.25) is 4.79 Å². The lowest BCUT2D eigenvalue weighted by molar-refractivity contribution is -0.115. The van der Waals surface area contributed by atoms with E-state index in [4.69, 9.17) is 0 Å². The third-order valence-corrected chi connectivity index (χ3v) is 4.33.